The second kappa shape index (κ2) is 4.37. The Kier molecular flexibility index (Phi) is 2.65. The average molecular weight is 271 g/mol. The molecule has 4 rings (SSSR count). The molecule has 3 nitrogen and oxygen atoms in total. The van der Waals surface area contributed by atoms with E-state index in [2.05, 4.69) is 41.9 Å². The molecule has 0 unspecified atom stereocenters. The number of hydrogen-bond acceptors (Lipinski definition) is 3. The summed E-state index contributed by atoms with van der Waals surface area (Å²) in [5, 5.41) is 6.50. The summed E-state index contributed by atoms with van der Waals surface area (Å²) in [4.78, 5) is 4.74. The Balaban J connectivity index is 1.68. The summed E-state index contributed by atoms with van der Waals surface area (Å²) in [5.74, 6) is 1.67. The first-order valence-electron chi connectivity index (χ1n) is 6.99. The van der Waals surface area contributed by atoms with Crippen LogP contribution in [0.25, 0.3) is 0 Å². The number of fused-ring (bicyclic) bond motifs is 1. The summed E-state index contributed by atoms with van der Waals surface area (Å²) in [5.41, 5.74) is 1.35. The van der Waals surface area contributed by atoms with E-state index < -0.39 is 0 Å². The molecule has 1 aliphatic heterocycles. The lowest BCUT2D eigenvalue weighted by atomic mass is 10.0. The maximum Gasteiger partial charge on any atom is 0.208 e. The largest absolute Gasteiger partial charge is 0.241 e. The molecule has 0 N–H and O–H groups in total. The number of aromatic nitrogens is 3. The van der Waals surface area contributed by atoms with E-state index in [1.165, 1.54) is 18.4 Å². The average Bonchev–Trinajstić information content (AvgIpc) is 3.05. The van der Waals surface area contributed by atoms with E-state index in [9.17, 15) is 0 Å². The molecule has 2 heterocycles. The first-order chi connectivity index (χ1) is 9.31. The van der Waals surface area contributed by atoms with Crippen molar-refractivity contribution in [1.29, 1.82) is 0 Å². The van der Waals surface area contributed by atoms with Gasteiger partial charge in [-0.25, -0.2) is 9.67 Å². The van der Waals surface area contributed by atoms with Crippen LogP contribution in [-0.2, 0) is 0 Å². The smallest absolute Gasteiger partial charge is 0.208 e. The first kappa shape index (κ1) is 11.5. The van der Waals surface area contributed by atoms with Crippen molar-refractivity contribution in [2.24, 2.45) is 0 Å². The van der Waals surface area contributed by atoms with Crippen LogP contribution in [0.3, 0.4) is 0 Å². The zero-order valence-corrected chi connectivity index (χ0v) is 11.8. The molecule has 1 aliphatic carbocycles. The zero-order valence-electron chi connectivity index (χ0n) is 11.0. The van der Waals surface area contributed by atoms with Crippen molar-refractivity contribution >= 4 is 11.8 Å². The summed E-state index contributed by atoms with van der Waals surface area (Å²) in [6, 6.07) is 11.0. The van der Waals surface area contributed by atoms with Gasteiger partial charge in [-0.05, 0) is 24.8 Å². The van der Waals surface area contributed by atoms with Crippen molar-refractivity contribution in [3.8, 4) is 0 Å². The summed E-state index contributed by atoms with van der Waals surface area (Å²) >= 11 is 1.85. The molecule has 1 saturated carbocycles. The van der Waals surface area contributed by atoms with Crippen LogP contribution in [-0.4, -0.2) is 20.0 Å². The van der Waals surface area contributed by atoms with E-state index in [1.807, 2.05) is 11.8 Å². The van der Waals surface area contributed by atoms with Crippen LogP contribution in [0.4, 0.5) is 0 Å². The molecule has 19 heavy (non-hydrogen) atoms. The van der Waals surface area contributed by atoms with Gasteiger partial charge in [-0.3, -0.25) is 0 Å². The lowest BCUT2D eigenvalue weighted by molar-refractivity contribution is 0.531. The predicted molar refractivity (Wildman–Crippen MR) is 76.5 cm³/mol. The molecule has 1 aromatic heterocycles. The topological polar surface area (TPSA) is 30.7 Å². The molecule has 0 radical (unpaired) electrons. The van der Waals surface area contributed by atoms with Gasteiger partial charge in [0, 0.05) is 11.2 Å². The van der Waals surface area contributed by atoms with Gasteiger partial charge in [0.1, 0.15) is 5.82 Å². The maximum atomic E-state index is 4.75. The van der Waals surface area contributed by atoms with E-state index in [0.717, 1.165) is 22.7 Å². The van der Waals surface area contributed by atoms with Crippen molar-refractivity contribution in [2.75, 3.05) is 0 Å². The summed E-state index contributed by atoms with van der Waals surface area (Å²) in [6.07, 6.45) is 3.77. The maximum absolute atomic E-state index is 4.75. The Morgan fingerprint density at radius 1 is 1.21 bits per heavy atom. The fraction of sp³-hybridized carbons (Fsp3) is 0.467. The van der Waals surface area contributed by atoms with Crippen molar-refractivity contribution in [1.82, 2.24) is 14.8 Å². The molecule has 98 valence electrons. The van der Waals surface area contributed by atoms with Crippen molar-refractivity contribution in [3.63, 3.8) is 0 Å². The Labute approximate surface area is 117 Å². The van der Waals surface area contributed by atoms with Crippen LogP contribution in [0.1, 0.15) is 49.5 Å². The van der Waals surface area contributed by atoms with Crippen LogP contribution < -0.4 is 0 Å². The zero-order chi connectivity index (χ0) is 12.8. The van der Waals surface area contributed by atoms with E-state index in [4.69, 9.17) is 10.1 Å². The molecular formula is C15H17N3S. The fourth-order valence-electron chi connectivity index (χ4n) is 2.76. The Morgan fingerprint density at radius 2 is 2.00 bits per heavy atom. The Hall–Kier alpha value is -1.29. The predicted octanol–water partition coefficient (Wildman–Crippen LogP) is 3.63. The van der Waals surface area contributed by atoms with Gasteiger partial charge in [0.2, 0.25) is 5.16 Å². The van der Waals surface area contributed by atoms with Crippen LogP contribution in [0.2, 0.25) is 0 Å². The highest BCUT2D eigenvalue weighted by molar-refractivity contribution is 8.00. The van der Waals surface area contributed by atoms with Gasteiger partial charge in [0.25, 0.3) is 0 Å². The van der Waals surface area contributed by atoms with Gasteiger partial charge < -0.3 is 0 Å². The standard InChI is InChI=1S/C15H17N3S/c1-10-9-13(11-5-3-2-4-6-11)18-14(10)16-15(17-18)19-12-7-8-12/h2-6,10,12-13H,7-9H2,1H3/t10-,13-/m0/s1. The van der Waals surface area contributed by atoms with Crippen LogP contribution in [0, 0.1) is 0 Å². The van der Waals surface area contributed by atoms with E-state index in [1.54, 1.807) is 0 Å². The van der Waals surface area contributed by atoms with Gasteiger partial charge in [-0.2, -0.15) is 0 Å². The normalized spacial score (nSPS) is 25.5. The lowest BCUT2D eigenvalue weighted by Crippen LogP contribution is -2.07. The van der Waals surface area contributed by atoms with E-state index in [-0.39, 0.29) is 0 Å². The summed E-state index contributed by atoms with van der Waals surface area (Å²) in [7, 11) is 0. The molecule has 2 aromatic rings. The summed E-state index contributed by atoms with van der Waals surface area (Å²) < 4.78 is 2.16. The van der Waals surface area contributed by atoms with Crippen LogP contribution in [0.5, 0.6) is 0 Å². The monoisotopic (exact) mass is 271 g/mol. The van der Waals surface area contributed by atoms with Gasteiger partial charge in [0.15, 0.2) is 0 Å². The minimum absolute atomic E-state index is 0.368. The SMILES string of the molecule is C[C@H]1C[C@@H](c2ccccc2)n2nc(SC3CC3)nc21. The number of benzene rings is 1. The van der Waals surface area contributed by atoms with Gasteiger partial charge in [-0.15, -0.1) is 5.10 Å². The first-order valence-corrected chi connectivity index (χ1v) is 7.87. The number of hydrogen-bond donors (Lipinski definition) is 0. The molecular weight excluding hydrogens is 254 g/mol. The molecule has 0 saturated heterocycles. The third-order valence-electron chi connectivity index (χ3n) is 3.93. The lowest BCUT2D eigenvalue weighted by Gasteiger charge is -2.11. The Morgan fingerprint density at radius 3 is 2.74 bits per heavy atom. The second-order valence-corrected chi connectivity index (χ2v) is 6.85. The molecule has 2 aliphatic rings. The number of rotatable bonds is 3. The van der Waals surface area contributed by atoms with E-state index in [0.29, 0.717) is 12.0 Å². The highest BCUT2D eigenvalue weighted by atomic mass is 32.2. The van der Waals surface area contributed by atoms with Gasteiger partial charge in [-0.1, -0.05) is 49.0 Å². The molecule has 2 atom stereocenters. The summed E-state index contributed by atoms with van der Waals surface area (Å²) in [6.45, 7) is 2.26. The highest BCUT2D eigenvalue weighted by Crippen LogP contribution is 2.42. The van der Waals surface area contributed by atoms with Crippen LogP contribution >= 0.6 is 11.8 Å². The van der Waals surface area contributed by atoms with Crippen molar-refractivity contribution in [2.45, 2.75) is 48.6 Å². The van der Waals surface area contributed by atoms with Crippen molar-refractivity contribution in [3.05, 3.63) is 41.7 Å². The highest BCUT2D eigenvalue weighted by Gasteiger charge is 2.34. The third kappa shape index (κ3) is 2.08. The second-order valence-electron chi connectivity index (χ2n) is 5.58. The molecule has 4 heteroatoms. The number of nitrogens with zero attached hydrogens (tertiary/aromatic N) is 3. The number of thioether (sulfide) groups is 1. The molecule has 0 amide bonds. The molecule has 1 fully saturated rings. The molecule has 1 aromatic carbocycles. The Bertz CT molecular complexity index is 589. The van der Waals surface area contributed by atoms with Crippen molar-refractivity contribution < 1.29 is 0 Å². The quantitative estimate of drug-likeness (QED) is 0.854. The van der Waals surface area contributed by atoms with Crippen LogP contribution in [0.15, 0.2) is 35.5 Å². The minimum atomic E-state index is 0.368. The fourth-order valence-corrected chi connectivity index (χ4v) is 3.71. The third-order valence-corrected chi connectivity index (χ3v) is 5.12. The molecule has 0 spiro atoms. The van der Waals surface area contributed by atoms with E-state index >= 15 is 0 Å². The minimum Gasteiger partial charge on any atom is -0.241 e. The van der Waals surface area contributed by atoms with Gasteiger partial charge in [0.05, 0.1) is 6.04 Å². The molecule has 0 bridgehead atoms. The van der Waals surface area contributed by atoms with Gasteiger partial charge >= 0.3 is 0 Å².